The van der Waals surface area contributed by atoms with Gasteiger partial charge >= 0.3 is 0 Å². The van der Waals surface area contributed by atoms with Gasteiger partial charge in [-0.25, -0.2) is 4.39 Å². The number of carbonyl (C=O) groups excluding carboxylic acids is 1. The first-order chi connectivity index (χ1) is 16.1. The quantitative estimate of drug-likeness (QED) is 0.557. The molecule has 0 aliphatic carbocycles. The number of piperidine rings is 2. The molecule has 2 aromatic carbocycles. The fourth-order valence-electron chi connectivity index (χ4n) is 4.27. The summed E-state index contributed by atoms with van der Waals surface area (Å²) in [6.07, 6.45) is 8.52. The first kappa shape index (κ1) is 26.5. The molecule has 0 unspecified atom stereocenters. The molecular weight excluding hydrogens is 476 g/mol. The number of carbonyl (C=O) groups is 1. The highest BCUT2D eigenvalue weighted by Gasteiger charge is 2.21. The monoisotopic (exact) mass is 507 g/mol. The summed E-state index contributed by atoms with van der Waals surface area (Å²) in [6, 6.07) is 12.5. The number of rotatable bonds is 7. The maximum Gasteiger partial charge on any atom is 0.251 e. The number of likely N-dealkylation sites (tertiary alicyclic amines) is 1. The molecule has 2 aromatic rings. The first-order valence-corrected chi connectivity index (χ1v) is 12.1. The standard InChI is InChI=1S/C26H31ClFN3O2.ClH/c27-24-18-20(5-8-25(24)28)26(32)30-21-11-16-31(17-12-21)15-1-2-19-3-6-22(7-4-19)33-23-9-13-29-14-10-23;/h1-8,18,21,23,29H,9-17H2,(H,30,32);1H/b2-1+;. The van der Waals surface area contributed by atoms with E-state index in [1.807, 2.05) is 12.1 Å². The van der Waals surface area contributed by atoms with Crippen molar-refractivity contribution in [3.63, 3.8) is 0 Å². The molecule has 2 aliphatic rings. The van der Waals surface area contributed by atoms with Crippen LogP contribution in [-0.2, 0) is 0 Å². The number of nitrogens with zero attached hydrogens (tertiary/aromatic N) is 1. The SMILES string of the molecule is Cl.O=C(NC1CCN(C/C=C/c2ccc(OC3CCNCC3)cc2)CC1)c1ccc(F)c(Cl)c1. The predicted molar refractivity (Wildman–Crippen MR) is 138 cm³/mol. The summed E-state index contributed by atoms with van der Waals surface area (Å²) in [7, 11) is 0. The molecule has 2 aliphatic heterocycles. The summed E-state index contributed by atoms with van der Waals surface area (Å²) in [5.41, 5.74) is 1.55. The van der Waals surface area contributed by atoms with Crippen LogP contribution in [0.5, 0.6) is 5.75 Å². The van der Waals surface area contributed by atoms with Gasteiger partial charge in [0.1, 0.15) is 17.7 Å². The van der Waals surface area contributed by atoms with Crippen molar-refractivity contribution >= 4 is 36.0 Å². The molecule has 2 saturated heterocycles. The molecular formula is C26H32Cl2FN3O2. The Hall–Kier alpha value is -2.12. The Morgan fingerprint density at radius 3 is 2.50 bits per heavy atom. The normalized spacial score (nSPS) is 17.9. The Kier molecular flexibility index (Phi) is 10.2. The van der Waals surface area contributed by atoms with Crippen LogP contribution in [-0.4, -0.2) is 55.7 Å². The van der Waals surface area contributed by atoms with Crippen molar-refractivity contribution in [2.24, 2.45) is 0 Å². The summed E-state index contributed by atoms with van der Waals surface area (Å²) < 4.78 is 19.4. The topological polar surface area (TPSA) is 53.6 Å². The van der Waals surface area contributed by atoms with E-state index in [1.54, 1.807) is 0 Å². The van der Waals surface area contributed by atoms with Gasteiger partial charge < -0.3 is 15.4 Å². The van der Waals surface area contributed by atoms with E-state index in [4.69, 9.17) is 16.3 Å². The van der Waals surface area contributed by atoms with E-state index in [0.29, 0.717) is 11.7 Å². The fraction of sp³-hybridized carbons (Fsp3) is 0.423. The van der Waals surface area contributed by atoms with Crippen LogP contribution in [0.3, 0.4) is 0 Å². The molecule has 2 fully saturated rings. The van der Waals surface area contributed by atoms with Crippen molar-refractivity contribution in [2.75, 3.05) is 32.7 Å². The highest BCUT2D eigenvalue weighted by atomic mass is 35.5. The third-order valence-electron chi connectivity index (χ3n) is 6.25. The highest BCUT2D eigenvalue weighted by molar-refractivity contribution is 6.31. The molecule has 0 saturated carbocycles. The van der Waals surface area contributed by atoms with Crippen molar-refractivity contribution in [3.8, 4) is 5.75 Å². The summed E-state index contributed by atoms with van der Waals surface area (Å²) >= 11 is 5.78. The maximum atomic E-state index is 13.3. The smallest absolute Gasteiger partial charge is 0.251 e. The first-order valence-electron chi connectivity index (χ1n) is 11.7. The fourth-order valence-corrected chi connectivity index (χ4v) is 4.45. The number of amides is 1. The second-order valence-corrected chi connectivity index (χ2v) is 9.12. The van der Waals surface area contributed by atoms with Crippen molar-refractivity contribution in [3.05, 3.63) is 70.5 Å². The average molecular weight is 508 g/mol. The molecule has 8 heteroatoms. The Balaban J connectivity index is 0.00000324. The lowest BCUT2D eigenvalue weighted by Crippen LogP contribution is -2.44. The second kappa shape index (κ2) is 13.1. The van der Waals surface area contributed by atoms with E-state index in [1.165, 1.54) is 18.2 Å². The molecule has 1 amide bonds. The van der Waals surface area contributed by atoms with E-state index in [0.717, 1.165) is 69.7 Å². The number of ether oxygens (including phenoxy) is 1. The highest BCUT2D eigenvalue weighted by Crippen LogP contribution is 2.19. The Bertz CT molecular complexity index is 957. The van der Waals surface area contributed by atoms with Crippen molar-refractivity contribution in [1.29, 1.82) is 0 Å². The number of halogens is 3. The van der Waals surface area contributed by atoms with E-state index in [-0.39, 0.29) is 29.4 Å². The lowest BCUT2D eigenvalue weighted by molar-refractivity contribution is 0.0914. The molecule has 5 nitrogen and oxygen atoms in total. The molecule has 2 heterocycles. The number of hydrogen-bond donors (Lipinski definition) is 2. The third-order valence-corrected chi connectivity index (χ3v) is 6.54. The molecule has 4 rings (SSSR count). The van der Waals surface area contributed by atoms with Crippen LogP contribution in [0.25, 0.3) is 6.08 Å². The molecule has 2 N–H and O–H groups in total. The van der Waals surface area contributed by atoms with Crippen LogP contribution in [0.4, 0.5) is 4.39 Å². The van der Waals surface area contributed by atoms with Gasteiger partial charge in [0.25, 0.3) is 5.91 Å². The van der Waals surface area contributed by atoms with Crippen LogP contribution in [0.2, 0.25) is 5.02 Å². The lowest BCUT2D eigenvalue weighted by atomic mass is 10.0. The van der Waals surface area contributed by atoms with E-state index >= 15 is 0 Å². The zero-order chi connectivity index (χ0) is 23.0. The predicted octanol–water partition coefficient (Wildman–Crippen LogP) is 4.94. The number of nitrogens with one attached hydrogen (secondary N) is 2. The summed E-state index contributed by atoms with van der Waals surface area (Å²) in [4.78, 5) is 14.8. The van der Waals surface area contributed by atoms with E-state index < -0.39 is 5.82 Å². The summed E-state index contributed by atoms with van der Waals surface area (Å²) in [5.74, 6) is 0.213. The van der Waals surface area contributed by atoms with Crippen molar-refractivity contribution < 1.29 is 13.9 Å². The van der Waals surface area contributed by atoms with Crippen LogP contribution < -0.4 is 15.4 Å². The second-order valence-electron chi connectivity index (χ2n) is 8.72. The molecule has 0 spiro atoms. The summed E-state index contributed by atoms with van der Waals surface area (Å²) in [5, 5.41) is 6.36. The van der Waals surface area contributed by atoms with Gasteiger partial charge in [-0.15, -0.1) is 12.4 Å². The number of benzene rings is 2. The van der Waals surface area contributed by atoms with Crippen LogP contribution in [0.15, 0.2) is 48.5 Å². The summed E-state index contributed by atoms with van der Waals surface area (Å²) in [6.45, 7) is 4.77. The van der Waals surface area contributed by atoms with Crippen LogP contribution in [0, 0.1) is 5.82 Å². The van der Waals surface area contributed by atoms with Crippen molar-refractivity contribution in [2.45, 2.75) is 37.8 Å². The zero-order valence-corrected chi connectivity index (χ0v) is 20.7. The van der Waals surface area contributed by atoms with Gasteiger partial charge in [-0.1, -0.05) is 35.9 Å². The largest absolute Gasteiger partial charge is 0.490 e. The molecule has 0 atom stereocenters. The van der Waals surface area contributed by atoms with Gasteiger partial charge in [-0.3, -0.25) is 9.69 Å². The van der Waals surface area contributed by atoms with Gasteiger partial charge in [0, 0.05) is 31.2 Å². The van der Waals surface area contributed by atoms with Gasteiger partial charge in [-0.05, 0) is 74.7 Å². The minimum atomic E-state index is -0.518. The molecule has 184 valence electrons. The minimum absolute atomic E-state index is 0. The van der Waals surface area contributed by atoms with Gasteiger partial charge in [0.05, 0.1) is 5.02 Å². The maximum absolute atomic E-state index is 13.3. The van der Waals surface area contributed by atoms with E-state index in [2.05, 4.69) is 39.8 Å². The Labute approximate surface area is 212 Å². The molecule has 0 aromatic heterocycles. The third kappa shape index (κ3) is 7.70. The molecule has 34 heavy (non-hydrogen) atoms. The van der Waals surface area contributed by atoms with Gasteiger partial charge in [-0.2, -0.15) is 0 Å². The average Bonchev–Trinajstić information content (AvgIpc) is 2.84. The van der Waals surface area contributed by atoms with Crippen LogP contribution >= 0.6 is 24.0 Å². The van der Waals surface area contributed by atoms with Gasteiger partial charge in [0.15, 0.2) is 0 Å². The van der Waals surface area contributed by atoms with E-state index in [9.17, 15) is 9.18 Å². The van der Waals surface area contributed by atoms with Crippen LogP contribution in [0.1, 0.15) is 41.6 Å². The number of hydrogen-bond acceptors (Lipinski definition) is 4. The minimum Gasteiger partial charge on any atom is -0.490 e. The lowest BCUT2D eigenvalue weighted by Gasteiger charge is -2.31. The van der Waals surface area contributed by atoms with Crippen molar-refractivity contribution in [1.82, 2.24) is 15.5 Å². The zero-order valence-electron chi connectivity index (χ0n) is 19.1. The Morgan fingerprint density at radius 2 is 1.82 bits per heavy atom. The molecule has 0 bridgehead atoms. The Morgan fingerprint density at radius 1 is 1.12 bits per heavy atom. The molecule has 0 radical (unpaired) electrons. The van der Waals surface area contributed by atoms with Gasteiger partial charge in [0.2, 0.25) is 0 Å².